The molecule has 1 aliphatic rings. The number of benzene rings is 3. The Bertz CT molecular complexity index is 1320. The average Bonchev–Trinajstić information content (AvgIpc) is 2.89. The van der Waals surface area contributed by atoms with Gasteiger partial charge in [0, 0.05) is 18.4 Å². The van der Waals surface area contributed by atoms with Crippen LogP contribution in [0.2, 0.25) is 0 Å². The maximum absolute atomic E-state index is 13.1. The first-order valence-corrected chi connectivity index (χ1v) is 10.9. The van der Waals surface area contributed by atoms with Crippen molar-refractivity contribution < 1.29 is 32.3 Å². The minimum absolute atomic E-state index is 0.360. The van der Waals surface area contributed by atoms with Crippen molar-refractivity contribution in [2.45, 2.75) is 18.3 Å². The van der Waals surface area contributed by atoms with Gasteiger partial charge in [-0.3, -0.25) is 9.59 Å². The number of carbonyl (C=O) groups is 3. The summed E-state index contributed by atoms with van der Waals surface area (Å²) in [5, 5.41) is 0. The summed E-state index contributed by atoms with van der Waals surface area (Å²) in [5.74, 6) is -2.18. The molecule has 1 amide bonds. The fourth-order valence-electron chi connectivity index (χ4n) is 3.79. The molecule has 0 bridgehead atoms. The minimum Gasteiger partial charge on any atom is -0.448 e. The molecule has 0 spiro atoms. The Morgan fingerprint density at radius 1 is 0.889 bits per heavy atom. The number of halogens is 3. The Morgan fingerprint density at radius 3 is 2.22 bits per heavy atom. The number of carbonyl (C=O) groups excluding carboxylic acids is 3. The Morgan fingerprint density at radius 2 is 1.56 bits per heavy atom. The average molecular weight is 491 g/mol. The van der Waals surface area contributed by atoms with E-state index >= 15 is 0 Å². The fraction of sp³-hybridized carbons (Fsp3) is 0.107. The molecule has 0 unspecified atom stereocenters. The molecule has 0 saturated heterocycles. The van der Waals surface area contributed by atoms with Crippen molar-refractivity contribution in [1.82, 2.24) is 4.90 Å². The van der Waals surface area contributed by atoms with Crippen molar-refractivity contribution in [1.29, 1.82) is 0 Å². The smallest absolute Gasteiger partial charge is 0.416 e. The minimum atomic E-state index is -4.65. The van der Waals surface area contributed by atoms with Crippen LogP contribution in [0.25, 0.3) is 6.08 Å². The van der Waals surface area contributed by atoms with Gasteiger partial charge in [-0.15, -0.1) is 0 Å². The monoisotopic (exact) mass is 491 g/mol. The number of rotatable bonds is 5. The van der Waals surface area contributed by atoms with Crippen molar-refractivity contribution in [3.8, 4) is 0 Å². The molecule has 0 fully saturated rings. The van der Waals surface area contributed by atoms with Crippen LogP contribution in [0, 0.1) is 0 Å². The molecule has 0 aliphatic carbocycles. The SMILES string of the molecule is O=C(O[C@H]1C(=O)C=CN(C(=O)/C=C/c2ccccc2)[C@@H]1c1ccccc1)c1cccc(C(F)(F)F)c1. The third-order valence-corrected chi connectivity index (χ3v) is 5.54. The van der Waals surface area contributed by atoms with Crippen LogP contribution in [0.3, 0.4) is 0 Å². The van der Waals surface area contributed by atoms with Crippen molar-refractivity contribution in [3.05, 3.63) is 126 Å². The lowest BCUT2D eigenvalue weighted by atomic mass is 9.93. The molecule has 2 atom stereocenters. The molecule has 1 heterocycles. The van der Waals surface area contributed by atoms with E-state index in [0.29, 0.717) is 11.6 Å². The number of ether oxygens (including phenoxy) is 1. The van der Waals surface area contributed by atoms with E-state index in [1.807, 2.05) is 30.3 Å². The predicted molar refractivity (Wildman–Crippen MR) is 126 cm³/mol. The first-order valence-electron chi connectivity index (χ1n) is 10.9. The zero-order chi connectivity index (χ0) is 25.7. The van der Waals surface area contributed by atoms with Gasteiger partial charge >= 0.3 is 12.1 Å². The standard InChI is InChI=1S/C28H20F3NO4/c29-28(30,31)22-13-7-12-21(18-22)27(35)36-26-23(33)16-17-32(25(26)20-10-5-2-6-11-20)24(34)15-14-19-8-3-1-4-9-19/h1-18,25-26H/b15-14+/t25-,26+/m1/s1. The topological polar surface area (TPSA) is 63.7 Å². The molecule has 182 valence electrons. The zero-order valence-corrected chi connectivity index (χ0v) is 18.8. The van der Waals surface area contributed by atoms with E-state index in [1.165, 1.54) is 23.2 Å². The van der Waals surface area contributed by atoms with Crippen molar-refractivity contribution in [2.75, 3.05) is 0 Å². The summed E-state index contributed by atoms with van der Waals surface area (Å²) in [6.07, 6.45) is -0.756. The van der Waals surface area contributed by atoms with Crippen LogP contribution in [0.5, 0.6) is 0 Å². The van der Waals surface area contributed by atoms with E-state index in [0.717, 1.165) is 23.8 Å². The maximum Gasteiger partial charge on any atom is 0.416 e. The number of alkyl halides is 3. The summed E-state index contributed by atoms with van der Waals surface area (Å²) in [7, 11) is 0. The van der Waals surface area contributed by atoms with E-state index in [9.17, 15) is 27.6 Å². The highest BCUT2D eigenvalue weighted by atomic mass is 19.4. The third-order valence-electron chi connectivity index (χ3n) is 5.54. The molecule has 4 rings (SSSR count). The van der Waals surface area contributed by atoms with Crippen molar-refractivity contribution in [3.63, 3.8) is 0 Å². The Kier molecular flexibility index (Phi) is 7.15. The second kappa shape index (κ2) is 10.4. The van der Waals surface area contributed by atoms with Gasteiger partial charge in [0.1, 0.15) is 6.04 Å². The quantitative estimate of drug-likeness (QED) is 0.344. The Labute approximate surface area is 205 Å². The summed E-state index contributed by atoms with van der Waals surface area (Å²) in [5.41, 5.74) is -0.0830. The molecule has 0 aromatic heterocycles. The number of hydrogen-bond donors (Lipinski definition) is 0. The number of amides is 1. The maximum atomic E-state index is 13.1. The summed E-state index contributed by atoms with van der Waals surface area (Å²) in [4.78, 5) is 40.0. The number of nitrogens with zero attached hydrogens (tertiary/aromatic N) is 1. The van der Waals surface area contributed by atoms with Gasteiger partial charge in [0.25, 0.3) is 5.91 Å². The van der Waals surface area contributed by atoms with Gasteiger partial charge in [-0.25, -0.2) is 4.79 Å². The van der Waals surface area contributed by atoms with E-state index in [-0.39, 0.29) is 5.56 Å². The number of esters is 1. The summed E-state index contributed by atoms with van der Waals surface area (Å²) >= 11 is 0. The molecule has 5 nitrogen and oxygen atoms in total. The summed E-state index contributed by atoms with van der Waals surface area (Å²) in [6.45, 7) is 0. The Balaban J connectivity index is 1.65. The second-order valence-corrected chi connectivity index (χ2v) is 7.97. The molecule has 8 heteroatoms. The highest BCUT2D eigenvalue weighted by Gasteiger charge is 2.40. The van der Waals surface area contributed by atoms with Crippen molar-refractivity contribution >= 4 is 23.7 Å². The van der Waals surface area contributed by atoms with Gasteiger partial charge in [0.15, 0.2) is 11.9 Å². The van der Waals surface area contributed by atoms with Crippen LogP contribution >= 0.6 is 0 Å². The number of hydrogen-bond acceptors (Lipinski definition) is 4. The number of ketones is 1. The fourth-order valence-corrected chi connectivity index (χ4v) is 3.79. The lowest BCUT2D eigenvalue weighted by molar-refractivity contribution is -0.138. The normalized spacial score (nSPS) is 17.9. The lowest BCUT2D eigenvalue weighted by Gasteiger charge is -2.36. The molecule has 0 N–H and O–H groups in total. The van der Waals surface area contributed by atoms with Crippen molar-refractivity contribution in [2.24, 2.45) is 0 Å². The molecule has 36 heavy (non-hydrogen) atoms. The first-order chi connectivity index (χ1) is 17.2. The molecule has 3 aromatic rings. The van der Waals surface area contributed by atoms with E-state index < -0.39 is 41.5 Å². The lowest BCUT2D eigenvalue weighted by Crippen LogP contribution is -2.45. The van der Waals surface area contributed by atoms with Gasteiger partial charge in [0.2, 0.25) is 0 Å². The summed E-state index contributed by atoms with van der Waals surface area (Å²) in [6, 6.07) is 20.3. The highest BCUT2D eigenvalue weighted by molar-refractivity contribution is 6.01. The van der Waals surface area contributed by atoms with E-state index in [2.05, 4.69) is 0 Å². The largest absolute Gasteiger partial charge is 0.448 e. The second-order valence-electron chi connectivity index (χ2n) is 7.97. The van der Waals surface area contributed by atoms with E-state index in [1.54, 1.807) is 36.4 Å². The van der Waals surface area contributed by atoms with E-state index in [4.69, 9.17) is 4.74 Å². The van der Waals surface area contributed by atoms with Crippen LogP contribution in [-0.2, 0) is 20.5 Å². The molecule has 0 saturated carbocycles. The van der Waals surface area contributed by atoms with Gasteiger partial charge in [-0.2, -0.15) is 13.2 Å². The third kappa shape index (κ3) is 5.60. The molecule has 3 aromatic carbocycles. The van der Waals surface area contributed by atoms with Crippen LogP contribution in [0.15, 0.2) is 103 Å². The molecular weight excluding hydrogens is 471 g/mol. The molecular formula is C28H20F3NO4. The molecule has 0 radical (unpaired) electrons. The first kappa shape index (κ1) is 24.7. The molecule has 1 aliphatic heterocycles. The van der Waals surface area contributed by atoms with Crippen LogP contribution in [0.4, 0.5) is 13.2 Å². The summed E-state index contributed by atoms with van der Waals surface area (Å²) < 4.78 is 44.8. The van der Waals surface area contributed by atoms with Crippen LogP contribution in [0.1, 0.15) is 33.1 Å². The van der Waals surface area contributed by atoms with Gasteiger partial charge in [-0.05, 0) is 35.4 Å². The zero-order valence-electron chi connectivity index (χ0n) is 18.8. The highest BCUT2D eigenvalue weighted by Crippen LogP contribution is 2.33. The predicted octanol–water partition coefficient (Wildman–Crippen LogP) is 5.61. The van der Waals surface area contributed by atoms with Gasteiger partial charge in [0.05, 0.1) is 11.1 Å². The van der Waals surface area contributed by atoms with Crippen LogP contribution in [-0.4, -0.2) is 28.7 Å². The van der Waals surface area contributed by atoms with Crippen LogP contribution < -0.4 is 0 Å². The van der Waals surface area contributed by atoms with Gasteiger partial charge < -0.3 is 9.64 Å². The Hall–Kier alpha value is -4.46. The van der Waals surface area contributed by atoms with Gasteiger partial charge in [-0.1, -0.05) is 66.7 Å².